The molecule has 0 saturated heterocycles. The Labute approximate surface area is 146 Å². The number of nitrogens with one attached hydrogen (secondary N) is 1. The molecule has 8 heteroatoms. The van der Waals surface area contributed by atoms with E-state index in [9.17, 15) is 9.90 Å². The summed E-state index contributed by atoms with van der Waals surface area (Å²) in [6.45, 7) is 1.81. The fourth-order valence-corrected chi connectivity index (χ4v) is 3.70. The van der Waals surface area contributed by atoms with Crippen molar-refractivity contribution in [2.45, 2.75) is 18.1 Å². The Bertz CT molecular complexity index is 670. The summed E-state index contributed by atoms with van der Waals surface area (Å²) in [7, 11) is 2.96. The number of carboxylic acids is 1. The van der Waals surface area contributed by atoms with Gasteiger partial charge in [-0.2, -0.15) is 0 Å². The van der Waals surface area contributed by atoms with E-state index in [1.54, 1.807) is 18.2 Å². The first-order valence-electron chi connectivity index (χ1n) is 6.17. The van der Waals surface area contributed by atoms with E-state index in [2.05, 4.69) is 5.32 Å². The molecule has 1 atom stereocenters. The zero-order valence-corrected chi connectivity index (χ0v) is 14.9. The second-order valence-electron chi connectivity index (χ2n) is 4.44. The Balaban J connectivity index is 2.32. The minimum Gasteiger partial charge on any atom is -0.479 e. The van der Waals surface area contributed by atoms with Gasteiger partial charge in [0.05, 0.1) is 0 Å². The predicted octanol–water partition coefficient (Wildman–Crippen LogP) is 5.50. The van der Waals surface area contributed by atoms with Crippen molar-refractivity contribution >= 4 is 56.4 Å². The topological polar surface area (TPSA) is 62.5 Å². The average Bonchev–Trinajstić information content (AvgIpc) is 2.75. The third kappa shape index (κ3) is 4.29. The molecule has 0 saturated carbocycles. The number of halogens is 2. The van der Waals surface area contributed by atoms with Gasteiger partial charge in [-0.25, -0.2) is 4.79 Å². The molecule has 0 spiro atoms. The van der Waals surface area contributed by atoms with Crippen LogP contribution >= 0.6 is 44.8 Å². The molecular weight excluding hydrogens is 365 g/mol. The van der Waals surface area contributed by atoms with Crippen molar-refractivity contribution in [2.24, 2.45) is 0 Å². The normalized spacial score (nSPS) is 12.2. The molecule has 2 aromatic rings. The average molecular weight is 378 g/mol. The molecule has 1 aromatic carbocycles. The van der Waals surface area contributed by atoms with Crippen LogP contribution in [0.2, 0.25) is 10.0 Å². The maximum Gasteiger partial charge on any atom is 0.334 e. The number of furan rings is 1. The van der Waals surface area contributed by atoms with Crippen LogP contribution in [-0.2, 0) is 4.79 Å². The zero-order valence-electron chi connectivity index (χ0n) is 11.7. The molecule has 1 heterocycles. The lowest BCUT2D eigenvalue weighted by atomic mass is 10.1. The highest BCUT2D eigenvalue weighted by atomic mass is 35.5. The number of aliphatic carboxylic acids is 1. The van der Waals surface area contributed by atoms with E-state index in [4.69, 9.17) is 27.6 Å². The monoisotopic (exact) mass is 377 g/mol. The molecule has 0 bridgehead atoms. The summed E-state index contributed by atoms with van der Waals surface area (Å²) in [5, 5.41) is 13.9. The zero-order chi connectivity index (χ0) is 16.3. The van der Waals surface area contributed by atoms with Crippen LogP contribution in [0, 0.1) is 6.92 Å². The highest BCUT2D eigenvalue weighted by Gasteiger charge is 2.26. The summed E-state index contributed by atoms with van der Waals surface area (Å²) in [6.07, 6.45) is 1.92. The van der Waals surface area contributed by atoms with Crippen LogP contribution in [0.5, 0.6) is 0 Å². The van der Waals surface area contributed by atoms with Crippen LogP contribution in [0.3, 0.4) is 0 Å². The molecule has 0 radical (unpaired) electrons. The van der Waals surface area contributed by atoms with E-state index in [0.717, 1.165) is 5.56 Å². The number of carboxylic acid groups (broad SMARTS) is 1. The molecule has 0 aliphatic carbocycles. The largest absolute Gasteiger partial charge is 0.479 e. The van der Waals surface area contributed by atoms with Gasteiger partial charge < -0.3 is 14.8 Å². The quantitative estimate of drug-likeness (QED) is 0.647. The molecule has 0 amide bonds. The van der Waals surface area contributed by atoms with Crippen LogP contribution in [-0.4, -0.2) is 17.3 Å². The molecule has 0 aliphatic rings. The Hall–Kier alpha value is -0.950. The van der Waals surface area contributed by atoms with Crippen molar-refractivity contribution in [3.05, 3.63) is 45.6 Å². The Morgan fingerprint density at radius 1 is 1.27 bits per heavy atom. The molecule has 22 heavy (non-hydrogen) atoms. The first-order valence-corrected chi connectivity index (χ1v) is 9.48. The standard InChI is InChI=1S/C14H13Cl2NO3S2/c1-7-3-11(22-21-2)20-13(7)12(14(18)19)17-10-5-8(15)4-9(16)6-10/h3-6,12,17H,1-2H3,(H,18,19). The van der Waals surface area contributed by atoms with E-state index >= 15 is 0 Å². The number of carbonyl (C=O) groups is 1. The predicted molar refractivity (Wildman–Crippen MR) is 93.3 cm³/mol. The van der Waals surface area contributed by atoms with Crippen molar-refractivity contribution in [1.82, 2.24) is 0 Å². The van der Waals surface area contributed by atoms with Gasteiger partial charge in [-0.15, -0.1) is 0 Å². The molecule has 4 nitrogen and oxygen atoms in total. The molecular formula is C14H13Cl2NO3S2. The van der Waals surface area contributed by atoms with Crippen LogP contribution in [0.1, 0.15) is 17.4 Å². The van der Waals surface area contributed by atoms with Gasteiger partial charge in [0.1, 0.15) is 5.76 Å². The van der Waals surface area contributed by atoms with Gasteiger partial charge in [-0.05, 0) is 53.8 Å². The third-order valence-corrected chi connectivity index (χ3v) is 4.74. The molecule has 0 fully saturated rings. The van der Waals surface area contributed by atoms with E-state index < -0.39 is 12.0 Å². The summed E-state index contributed by atoms with van der Waals surface area (Å²) in [5.74, 6) is -0.686. The van der Waals surface area contributed by atoms with Gasteiger partial charge in [-0.1, -0.05) is 34.0 Å². The van der Waals surface area contributed by atoms with Gasteiger partial charge in [0, 0.05) is 15.7 Å². The number of anilines is 1. The van der Waals surface area contributed by atoms with E-state index in [0.29, 0.717) is 26.6 Å². The lowest BCUT2D eigenvalue weighted by Crippen LogP contribution is -2.20. The second-order valence-corrected chi connectivity index (χ2v) is 7.71. The first-order chi connectivity index (χ1) is 10.4. The fourth-order valence-electron chi connectivity index (χ4n) is 1.92. The minimum atomic E-state index is -1.05. The van der Waals surface area contributed by atoms with Gasteiger partial charge in [0.15, 0.2) is 11.1 Å². The minimum absolute atomic E-state index is 0.361. The molecule has 0 aliphatic heterocycles. The Kier molecular flexibility index (Phi) is 5.97. The SMILES string of the molecule is CSSc1cc(C)c(C(Nc2cc(Cl)cc(Cl)c2)C(=O)O)o1. The lowest BCUT2D eigenvalue weighted by Gasteiger charge is -2.15. The van der Waals surface area contributed by atoms with Crippen molar-refractivity contribution in [3.8, 4) is 0 Å². The molecule has 1 aromatic heterocycles. The highest BCUT2D eigenvalue weighted by Crippen LogP contribution is 2.35. The number of aryl methyl sites for hydroxylation is 1. The molecule has 1 unspecified atom stereocenters. The van der Waals surface area contributed by atoms with E-state index in [1.165, 1.54) is 21.6 Å². The maximum absolute atomic E-state index is 11.6. The summed E-state index contributed by atoms with van der Waals surface area (Å²) in [4.78, 5) is 11.6. The first kappa shape index (κ1) is 17.4. The Morgan fingerprint density at radius 2 is 1.91 bits per heavy atom. The summed E-state index contributed by atoms with van der Waals surface area (Å²) >= 11 is 11.9. The van der Waals surface area contributed by atoms with Crippen LogP contribution in [0.25, 0.3) is 0 Å². The number of rotatable bonds is 6. The van der Waals surface area contributed by atoms with Crippen LogP contribution < -0.4 is 5.32 Å². The number of hydrogen-bond acceptors (Lipinski definition) is 5. The van der Waals surface area contributed by atoms with Gasteiger partial charge in [0.2, 0.25) is 0 Å². The fraction of sp³-hybridized carbons (Fsp3) is 0.214. The number of hydrogen-bond donors (Lipinski definition) is 2. The second kappa shape index (κ2) is 7.55. The molecule has 118 valence electrons. The summed E-state index contributed by atoms with van der Waals surface area (Å²) in [6, 6.07) is 5.60. The van der Waals surface area contributed by atoms with Crippen molar-refractivity contribution in [2.75, 3.05) is 11.6 Å². The van der Waals surface area contributed by atoms with Gasteiger partial charge in [0.25, 0.3) is 0 Å². The van der Waals surface area contributed by atoms with E-state index in [1.807, 2.05) is 19.2 Å². The van der Waals surface area contributed by atoms with E-state index in [-0.39, 0.29) is 0 Å². The van der Waals surface area contributed by atoms with Crippen molar-refractivity contribution in [1.29, 1.82) is 0 Å². The lowest BCUT2D eigenvalue weighted by molar-refractivity contribution is -0.138. The Morgan fingerprint density at radius 3 is 2.45 bits per heavy atom. The number of benzene rings is 1. The van der Waals surface area contributed by atoms with Crippen LogP contribution in [0.15, 0.2) is 33.8 Å². The summed E-state index contributed by atoms with van der Waals surface area (Å²) < 4.78 is 5.64. The van der Waals surface area contributed by atoms with Gasteiger partial charge in [-0.3, -0.25) is 0 Å². The van der Waals surface area contributed by atoms with Crippen LogP contribution in [0.4, 0.5) is 5.69 Å². The molecule has 2 N–H and O–H groups in total. The van der Waals surface area contributed by atoms with Crippen molar-refractivity contribution < 1.29 is 14.3 Å². The smallest absolute Gasteiger partial charge is 0.334 e. The van der Waals surface area contributed by atoms with Gasteiger partial charge >= 0.3 is 5.97 Å². The third-order valence-electron chi connectivity index (χ3n) is 2.78. The maximum atomic E-state index is 11.6. The highest BCUT2D eigenvalue weighted by molar-refractivity contribution is 8.76. The van der Waals surface area contributed by atoms with Crippen molar-refractivity contribution in [3.63, 3.8) is 0 Å². The molecule has 2 rings (SSSR count). The summed E-state index contributed by atoms with van der Waals surface area (Å²) in [5.41, 5.74) is 1.28.